The molecule has 0 aliphatic heterocycles. The third-order valence-corrected chi connectivity index (χ3v) is 4.65. The van der Waals surface area contributed by atoms with E-state index in [0.29, 0.717) is 38.3 Å². The fraction of sp³-hybridized carbons (Fsp3) is 0.250. The molecular weight excluding hydrogens is 380 g/mol. The van der Waals surface area contributed by atoms with Crippen molar-refractivity contribution in [3.63, 3.8) is 0 Å². The molecule has 3 aromatic rings. The van der Waals surface area contributed by atoms with Gasteiger partial charge in [-0.3, -0.25) is 9.59 Å². The molecule has 1 heterocycles. The van der Waals surface area contributed by atoms with Crippen LogP contribution in [0.2, 0.25) is 0 Å². The van der Waals surface area contributed by atoms with Crippen LogP contribution in [0, 0.1) is 0 Å². The molecule has 1 aromatic heterocycles. The summed E-state index contributed by atoms with van der Waals surface area (Å²) in [4.78, 5) is 24.2. The van der Waals surface area contributed by atoms with Gasteiger partial charge in [-0.15, -0.1) is 0 Å². The number of rotatable bonds is 10. The average molecular weight is 406 g/mol. The second-order valence-corrected chi connectivity index (χ2v) is 6.87. The number of carbonyl (C=O) groups excluding carboxylic acids is 1. The van der Waals surface area contributed by atoms with Gasteiger partial charge in [0.25, 0.3) is 11.5 Å². The topological polar surface area (TPSA) is 69.6 Å². The third-order valence-electron chi connectivity index (χ3n) is 4.65. The molecule has 1 amide bonds. The Bertz CT molecular complexity index is 998. The van der Waals surface area contributed by atoms with Gasteiger partial charge in [0.2, 0.25) is 0 Å². The molecule has 3 rings (SSSR count). The minimum atomic E-state index is -0.205. The first-order valence-corrected chi connectivity index (χ1v) is 9.89. The summed E-state index contributed by atoms with van der Waals surface area (Å²) in [6, 6.07) is 20.8. The summed E-state index contributed by atoms with van der Waals surface area (Å²) >= 11 is 0. The Labute approximate surface area is 176 Å². The van der Waals surface area contributed by atoms with Crippen molar-refractivity contribution in [1.29, 1.82) is 0 Å². The summed E-state index contributed by atoms with van der Waals surface area (Å²) in [6.45, 7) is 1.86. The maximum absolute atomic E-state index is 12.4. The number of aromatic nitrogens is 1. The van der Waals surface area contributed by atoms with Crippen LogP contribution in [-0.2, 0) is 24.3 Å². The van der Waals surface area contributed by atoms with Crippen LogP contribution < -0.4 is 15.6 Å². The van der Waals surface area contributed by atoms with Gasteiger partial charge in [0, 0.05) is 32.5 Å². The molecule has 0 bridgehead atoms. The van der Waals surface area contributed by atoms with Crippen LogP contribution >= 0.6 is 0 Å². The zero-order valence-electron chi connectivity index (χ0n) is 17.0. The minimum absolute atomic E-state index is 0.154. The fourth-order valence-corrected chi connectivity index (χ4v) is 2.95. The van der Waals surface area contributed by atoms with Crippen molar-refractivity contribution in [3.8, 4) is 5.75 Å². The first kappa shape index (κ1) is 21.3. The molecule has 6 nitrogen and oxygen atoms in total. The highest BCUT2D eigenvalue weighted by Gasteiger charge is 2.07. The van der Waals surface area contributed by atoms with Gasteiger partial charge in [0.1, 0.15) is 12.4 Å². The predicted molar refractivity (Wildman–Crippen MR) is 116 cm³/mol. The van der Waals surface area contributed by atoms with Crippen LogP contribution in [0.3, 0.4) is 0 Å². The SMILES string of the molecule is COCCn1cc(C(=O)NCCc2ccc(OCc3ccccc3)cc2)ccc1=O. The van der Waals surface area contributed by atoms with E-state index in [-0.39, 0.29) is 11.5 Å². The molecule has 0 spiro atoms. The lowest BCUT2D eigenvalue weighted by Gasteiger charge is -2.09. The van der Waals surface area contributed by atoms with Crippen molar-refractivity contribution in [2.24, 2.45) is 0 Å². The monoisotopic (exact) mass is 406 g/mol. The molecule has 0 atom stereocenters. The molecule has 0 aliphatic carbocycles. The average Bonchev–Trinajstić information content (AvgIpc) is 2.78. The van der Waals surface area contributed by atoms with Gasteiger partial charge >= 0.3 is 0 Å². The van der Waals surface area contributed by atoms with Gasteiger partial charge < -0.3 is 19.4 Å². The number of hydrogen-bond donors (Lipinski definition) is 1. The zero-order valence-corrected chi connectivity index (χ0v) is 17.0. The second kappa shape index (κ2) is 11.0. The Morgan fingerprint density at radius 3 is 2.47 bits per heavy atom. The van der Waals surface area contributed by atoms with Crippen LogP contribution in [0.4, 0.5) is 0 Å². The van der Waals surface area contributed by atoms with Crippen molar-refractivity contribution < 1.29 is 14.3 Å². The van der Waals surface area contributed by atoms with E-state index in [9.17, 15) is 9.59 Å². The van der Waals surface area contributed by atoms with Gasteiger partial charge in [0.15, 0.2) is 0 Å². The highest BCUT2D eigenvalue weighted by atomic mass is 16.5. The summed E-state index contributed by atoms with van der Waals surface area (Å²) in [5, 5.41) is 2.89. The maximum Gasteiger partial charge on any atom is 0.252 e. The van der Waals surface area contributed by atoms with Crippen molar-refractivity contribution in [1.82, 2.24) is 9.88 Å². The molecule has 2 aromatic carbocycles. The molecule has 0 unspecified atom stereocenters. The molecule has 0 radical (unpaired) electrons. The molecule has 0 saturated heterocycles. The maximum atomic E-state index is 12.4. The molecule has 156 valence electrons. The predicted octanol–water partition coefficient (Wildman–Crippen LogP) is 3.05. The lowest BCUT2D eigenvalue weighted by molar-refractivity contribution is 0.0953. The Morgan fingerprint density at radius 1 is 0.967 bits per heavy atom. The Morgan fingerprint density at radius 2 is 1.73 bits per heavy atom. The van der Waals surface area contributed by atoms with Crippen molar-refractivity contribution in [2.45, 2.75) is 19.6 Å². The molecule has 0 aliphatic rings. The van der Waals surface area contributed by atoms with E-state index in [2.05, 4.69) is 5.32 Å². The lowest BCUT2D eigenvalue weighted by Crippen LogP contribution is -2.28. The first-order chi connectivity index (χ1) is 14.7. The zero-order chi connectivity index (χ0) is 21.2. The van der Waals surface area contributed by atoms with Gasteiger partial charge in [-0.05, 0) is 35.7 Å². The van der Waals surface area contributed by atoms with Gasteiger partial charge in [-0.1, -0.05) is 42.5 Å². The van der Waals surface area contributed by atoms with Crippen molar-refractivity contribution >= 4 is 5.91 Å². The van der Waals surface area contributed by atoms with Gasteiger partial charge in [-0.2, -0.15) is 0 Å². The summed E-state index contributed by atoms with van der Waals surface area (Å²) in [5.74, 6) is 0.605. The van der Waals surface area contributed by atoms with Crippen LogP contribution in [0.5, 0.6) is 5.75 Å². The number of carbonyl (C=O) groups is 1. The number of benzene rings is 2. The van der Waals surface area contributed by atoms with E-state index in [1.165, 1.54) is 10.6 Å². The van der Waals surface area contributed by atoms with E-state index < -0.39 is 0 Å². The van der Waals surface area contributed by atoms with E-state index in [1.807, 2.05) is 54.6 Å². The summed E-state index contributed by atoms with van der Waals surface area (Å²) in [5.41, 5.74) is 2.53. The third kappa shape index (κ3) is 6.32. The number of ether oxygens (including phenoxy) is 2. The van der Waals surface area contributed by atoms with Gasteiger partial charge in [-0.25, -0.2) is 0 Å². The smallest absolute Gasteiger partial charge is 0.252 e. The number of amides is 1. The quantitative estimate of drug-likeness (QED) is 0.562. The lowest BCUT2D eigenvalue weighted by atomic mass is 10.1. The van der Waals surface area contributed by atoms with Crippen molar-refractivity contribution in [2.75, 3.05) is 20.3 Å². The van der Waals surface area contributed by atoms with Gasteiger partial charge in [0.05, 0.1) is 12.2 Å². The van der Waals surface area contributed by atoms with E-state index >= 15 is 0 Å². The largest absolute Gasteiger partial charge is 0.489 e. The molecule has 0 saturated carbocycles. The second-order valence-electron chi connectivity index (χ2n) is 6.87. The standard InChI is InChI=1S/C24H26N2O4/c1-29-16-15-26-17-21(9-12-23(26)27)24(28)25-14-13-19-7-10-22(11-8-19)30-18-20-5-3-2-4-6-20/h2-12,17H,13-16,18H2,1H3,(H,25,28). The molecule has 0 fully saturated rings. The first-order valence-electron chi connectivity index (χ1n) is 9.89. The van der Waals surface area contributed by atoms with E-state index in [4.69, 9.17) is 9.47 Å². The number of nitrogens with one attached hydrogen (secondary N) is 1. The fourth-order valence-electron chi connectivity index (χ4n) is 2.95. The number of hydrogen-bond acceptors (Lipinski definition) is 4. The minimum Gasteiger partial charge on any atom is -0.489 e. The van der Waals surface area contributed by atoms with Crippen LogP contribution in [0.1, 0.15) is 21.5 Å². The molecule has 30 heavy (non-hydrogen) atoms. The summed E-state index contributed by atoms with van der Waals surface area (Å²) < 4.78 is 12.3. The Hall–Kier alpha value is -3.38. The summed E-state index contributed by atoms with van der Waals surface area (Å²) in [7, 11) is 1.57. The Kier molecular flexibility index (Phi) is 7.80. The Balaban J connectivity index is 1.46. The van der Waals surface area contributed by atoms with Crippen LogP contribution in [-0.4, -0.2) is 30.7 Å². The normalized spacial score (nSPS) is 10.6. The molecule has 1 N–H and O–H groups in total. The molecular formula is C24H26N2O4. The summed E-state index contributed by atoms with van der Waals surface area (Å²) in [6.07, 6.45) is 2.27. The van der Waals surface area contributed by atoms with Crippen LogP contribution in [0.25, 0.3) is 0 Å². The number of nitrogens with zero attached hydrogens (tertiary/aromatic N) is 1. The van der Waals surface area contributed by atoms with Crippen molar-refractivity contribution in [3.05, 3.63) is 100.0 Å². The van der Waals surface area contributed by atoms with Crippen LogP contribution in [0.15, 0.2) is 77.7 Å². The molecule has 6 heteroatoms. The number of methoxy groups -OCH3 is 1. The number of pyridine rings is 1. The highest BCUT2D eigenvalue weighted by Crippen LogP contribution is 2.14. The van der Waals surface area contributed by atoms with E-state index in [1.54, 1.807) is 19.4 Å². The highest BCUT2D eigenvalue weighted by molar-refractivity contribution is 5.93. The van der Waals surface area contributed by atoms with E-state index in [0.717, 1.165) is 16.9 Å².